The van der Waals surface area contributed by atoms with Gasteiger partial charge in [-0.05, 0) is 31.1 Å². The molecule has 0 aromatic heterocycles. The summed E-state index contributed by atoms with van der Waals surface area (Å²) in [5.74, 6) is 0.834. The summed E-state index contributed by atoms with van der Waals surface area (Å²) in [6.45, 7) is 11.4. The summed E-state index contributed by atoms with van der Waals surface area (Å²) in [6.07, 6.45) is 56.7. The lowest BCUT2D eigenvalue weighted by molar-refractivity contribution is -0.167. The zero-order valence-electron chi connectivity index (χ0n) is 45.3. The van der Waals surface area contributed by atoms with Crippen LogP contribution in [0.4, 0.5) is 0 Å². The van der Waals surface area contributed by atoms with Crippen molar-refractivity contribution in [1.29, 1.82) is 0 Å². The molecule has 0 fully saturated rings. The van der Waals surface area contributed by atoms with Crippen LogP contribution in [0, 0.1) is 11.8 Å². The lowest BCUT2D eigenvalue weighted by Crippen LogP contribution is -2.30. The smallest absolute Gasteiger partial charge is 0.306 e. The van der Waals surface area contributed by atoms with Gasteiger partial charge in [0.05, 0.1) is 0 Å². The van der Waals surface area contributed by atoms with Crippen LogP contribution in [0.25, 0.3) is 0 Å². The lowest BCUT2D eigenvalue weighted by atomic mass is 10.0. The molecule has 392 valence electrons. The van der Waals surface area contributed by atoms with Gasteiger partial charge in [0.15, 0.2) is 6.10 Å². The molecule has 0 aliphatic rings. The Balaban J connectivity index is 4.27. The van der Waals surface area contributed by atoms with Gasteiger partial charge >= 0.3 is 17.9 Å². The van der Waals surface area contributed by atoms with Gasteiger partial charge < -0.3 is 14.2 Å². The molecule has 0 N–H and O–H groups in total. The Labute approximate surface area is 412 Å². The molecule has 66 heavy (non-hydrogen) atoms. The van der Waals surface area contributed by atoms with Gasteiger partial charge in [0.1, 0.15) is 13.2 Å². The number of carbonyl (C=O) groups excluding carboxylic acids is 3. The molecule has 6 heteroatoms. The van der Waals surface area contributed by atoms with E-state index in [-0.39, 0.29) is 31.1 Å². The van der Waals surface area contributed by atoms with Crippen molar-refractivity contribution in [2.75, 3.05) is 13.2 Å². The van der Waals surface area contributed by atoms with Crippen molar-refractivity contribution in [3.05, 3.63) is 0 Å². The Morgan fingerprint density at radius 3 is 0.742 bits per heavy atom. The highest BCUT2D eigenvalue weighted by Gasteiger charge is 2.19. The number of ether oxygens (including phenoxy) is 3. The SMILES string of the molecule is CCCCCCCCCCCCCCCCCCC(=O)O[C@@H](COC(=O)CCCCCCCCCCCCCCCCCCC(C)C)COC(=O)CCCCCCCCCCCCC(C)C. The number of hydrogen-bond acceptors (Lipinski definition) is 6. The Bertz CT molecular complexity index is 1010. The van der Waals surface area contributed by atoms with Gasteiger partial charge in [-0.3, -0.25) is 14.4 Å². The van der Waals surface area contributed by atoms with Crippen LogP contribution in [0.15, 0.2) is 0 Å². The Morgan fingerprint density at radius 2 is 0.500 bits per heavy atom. The van der Waals surface area contributed by atoms with Crippen molar-refractivity contribution in [2.45, 2.75) is 343 Å². The van der Waals surface area contributed by atoms with E-state index in [0.29, 0.717) is 19.3 Å². The van der Waals surface area contributed by atoms with E-state index in [1.807, 2.05) is 0 Å². The van der Waals surface area contributed by atoms with Crippen molar-refractivity contribution in [3.63, 3.8) is 0 Å². The van der Waals surface area contributed by atoms with Crippen LogP contribution in [0.3, 0.4) is 0 Å². The van der Waals surface area contributed by atoms with Gasteiger partial charge in [0.2, 0.25) is 0 Å². The molecular formula is C60H116O6. The maximum Gasteiger partial charge on any atom is 0.306 e. The van der Waals surface area contributed by atoms with E-state index < -0.39 is 6.10 Å². The predicted octanol–water partition coefficient (Wildman–Crippen LogP) is 19.7. The molecular weight excluding hydrogens is 817 g/mol. The molecule has 0 heterocycles. The molecule has 6 nitrogen and oxygen atoms in total. The first-order chi connectivity index (χ1) is 32.2. The molecule has 0 bridgehead atoms. The Kier molecular flexibility index (Phi) is 51.5. The van der Waals surface area contributed by atoms with Crippen LogP contribution in [-0.2, 0) is 28.6 Å². The van der Waals surface area contributed by atoms with E-state index in [2.05, 4.69) is 34.6 Å². The molecule has 0 saturated carbocycles. The van der Waals surface area contributed by atoms with Crippen LogP contribution in [0.5, 0.6) is 0 Å². The number of esters is 3. The summed E-state index contributed by atoms with van der Waals surface area (Å²) in [4.78, 5) is 38.2. The number of hydrogen-bond donors (Lipinski definition) is 0. The topological polar surface area (TPSA) is 78.9 Å². The van der Waals surface area contributed by atoms with Gasteiger partial charge in [-0.1, -0.05) is 298 Å². The molecule has 0 aromatic carbocycles. The minimum Gasteiger partial charge on any atom is -0.462 e. The van der Waals surface area contributed by atoms with E-state index in [0.717, 1.165) is 69.6 Å². The summed E-state index contributed by atoms with van der Waals surface area (Å²) in [5, 5.41) is 0. The Hall–Kier alpha value is -1.59. The van der Waals surface area contributed by atoms with Crippen LogP contribution in [0.1, 0.15) is 336 Å². The van der Waals surface area contributed by atoms with E-state index in [1.54, 1.807) is 0 Å². The first-order valence-electron chi connectivity index (χ1n) is 29.7. The maximum absolute atomic E-state index is 12.9. The van der Waals surface area contributed by atoms with Crippen molar-refractivity contribution in [2.24, 2.45) is 11.8 Å². The highest BCUT2D eigenvalue weighted by Crippen LogP contribution is 2.18. The summed E-state index contributed by atoms with van der Waals surface area (Å²) >= 11 is 0. The average Bonchev–Trinajstić information content (AvgIpc) is 3.29. The summed E-state index contributed by atoms with van der Waals surface area (Å²) in [7, 11) is 0. The molecule has 0 rings (SSSR count). The second-order valence-corrected chi connectivity index (χ2v) is 21.6. The molecule has 0 radical (unpaired) electrons. The van der Waals surface area contributed by atoms with Crippen molar-refractivity contribution in [3.8, 4) is 0 Å². The number of rotatable bonds is 54. The van der Waals surface area contributed by atoms with Gasteiger partial charge in [-0.2, -0.15) is 0 Å². The summed E-state index contributed by atoms with van der Waals surface area (Å²) < 4.78 is 16.9. The van der Waals surface area contributed by atoms with Crippen molar-refractivity contribution >= 4 is 17.9 Å². The van der Waals surface area contributed by atoms with Crippen LogP contribution in [0.2, 0.25) is 0 Å². The van der Waals surface area contributed by atoms with E-state index >= 15 is 0 Å². The molecule has 1 atom stereocenters. The molecule has 0 amide bonds. The highest BCUT2D eigenvalue weighted by atomic mass is 16.6. The third-order valence-electron chi connectivity index (χ3n) is 13.7. The maximum atomic E-state index is 12.9. The van der Waals surface area contributed by atoms with Gasteiger partial charge in [-0.15, -0.1) is 0 Å². The zero-order valence-corrected chi connectivity index (χ0v) is 45.3. The predicted molar refractivity (Wildman–Crippen MR) is 284 cm³/mol. The van der Waals surface area contributed by atoms with Gasteiger partial charge in [-0.25, -0.2) is 0 Å². The fraction of sp³-hybridized carbons (Fsp3) is 0.950. The summed E-state index contributed by atoms with van der Waals surface area (Å²) in [6, 6.07) is 0. The standard InChI is InChI=1S/C60H116O6/c1-6-7-8-9-10-11-12-13-14-18-22-25-32-37-42-47-52-60(63)66-57(54-65-59(62)51-46-41-36-31-27-26-29-34-39-44-49-56(4)5)53-64-58(61)50-45-40-35-30-24-21-19-16-15-17-20-23-28-33-38-43-48-55(2)3/h55-57H,6-54H2,1-5H3/t57-/m0/s1. The normalized spacial score (nSPS) is 12.0. The zero-order chi connectivity index (χ0) is 48.2. The average molecular weight is 934 g/mol. The van der Waals surface area contributed by atoms with Crippen LogP contribution >= 0.6 is 0 Å². The number of carbonyl (C=O) groups is 3. The minimum absolute atomic E-state index is 0.0625. The van der Waals surface area contributed by atoms with Crippen molar-refractivity contribution in [1.82, 2.24) is 0 Å². The minimum atomic E-state index is -0.763. The highest BCUT2D eigenvalue weighted by molar-refractivity contribution is 5.71. The van der Waals surface area contributed by atoms with E-state index in [9.17, 15) is 14.4 Å². The monoisotopic (exact) mass is 933 g/mol. The fourth-order valence-corrected chi connectivity index (χ4v) is 9.23. The van der Waals surface area contributed by atoms with E-state index in [4.69, 9.17) is 14.2 Å². The Morgan fingerprint density at radius 1 is 0.288 bits per heavy atom. The first-order valence-corrected chi connectivity index (χ1v) is 29.7. The quantitative estimate of drug-likeness (QED) is 0.0343. The van der Waals surface area contributed by atoms with Gasteiger partial charge in [0.25, 0.3) is 0 Å². The molecule has 0 saturated heterocycles. The molecule has 0 unspecified atom stereocenters. The largest absolute Gasteiger partial charge is 0.462 e. The molecule has 0 spiro atoms. The van der Waals surface area contributed by atoms with Crippen LogP contribution < -0.4 is 0 Å². The summed E-state index contributed by atoms with van der Waals surface area (Å²) in [5.41, 5.74) is 0. The third kappa shape index (κ3) is 53.4. The fourth-order valence-electron chi connectivity index (χ4n) is 9.23. The molecule has 0 aromatic rings. The third-order valence-corrected chi connectivity index (χ3v) is 13.7. The second-order valence-electron chi connectivity index (χ2n) is 21.6. The first kappa shape index (κ1) is 64.4. The van der Waals surface area contributed by atoms with Crippen LogP contribution in [-0.4, -0.2) is 37.2 Å². The number of unbranched alkanes of at least 4 members (excludes halogenated alkanes) is 39. The second kappa shape index (κ2) is 52.8. The van der Waals surface area contributed by atoms with E-state index in [1.165, 1.54) is 225 Å². The molecule has 0 aliphatic carbocycles. The van der Waals surface area contributed by atoms with Crippen molar-refractivity contribution < 1.29 is 28.6 Å². The van der Waals surface area contributed by atoms with Gasteiger partial charge in [0, 0.05) is 19.3 Å². The molecule has 0 aliphatic heterocycles. The lowest BCUT2D eigenvalue weighted by Gasteiger charge is -2.18.